The summed E-state index contributed by atoms with van der Waals surface area (Å²) in [7, 11) is 0. The molecular weight excluding hydrogens is 278 g/mol. The number of rotatable bonds is 4. The maximum atomic E-state index is 11.9. The minimum atomic E-state index is -0.123. The zero-order chi connectivity index (χ0) is 15.7. The number of benzene rings is 1. The SMILES string of the molecule is CCCCN(C(C)=O)c1ccc2c(c1)CC1CC(=O)N=NC21. The number of nitrogens with zero attached hydrogens (tertiary/aromatic N) is 3. The van der Waals surface area contributed by atoms with Gasteiger partial charge in [0.25, 0.3) is 5.91 Å². The summed E-state index contributed by atoms with van der Waals surface area (Å²) in [6.07, 6.45) is 3.37. The van der Waals surface area contributed by atoms with Gasteiger partial charge in [-0.05, 0) is 36.1 Å². The van der Waals surface area contributed by atoms with E-state index < -0.39 is 0 Å². The van der Waals surface area contributed by atoms with Crippen LogP contribution in [-0.4, -0.2) is 18.4 Å². The van der Waals surface area contributed by atoms with Crippen LogP contribution in [0.25, 0.3) is 0 Å². The highest BCUT2D eigenvalue weighted by molar-refractivity contribution is 5.91. The lowest BCUT2D eigenvalue weighted by Gasteiger charge is -2.22. The van der Waals surface area contributed by atoms with Crippen LogP contribution in [-0.2, 0) is 16.0 Å². The quantitative estimate of drug-likeness (QED) is 0.855. The monoisotopic (exact) mass is 299 g/mol. The van der Waals surface area contributed by atoms with Gasteiger partial charge in [-0.25, -0.2) is 0 Å². The van der Waals surface area contributed by atoms with Crippen molar-refractivity contribution >= 4 is 17.5 Å². The summed E-state index contributed by atoms with van der Waals surface area (Å²) < 4.78 is 0. The van der Waals surface area contributed by atoms with Gasteiger partial charge in [0.1, 0.15) is 6.04 Å². The van der Waals surface area contributed by atoms with E-state index in [9.17, 15) is 9.59 Å². The van der Waals surface area contributed by atoms with E-state index in [1.54, 1.807) is 6.92 Å². The number of fused-ring (bicyclic) bond motifs is 3. The third kappa shape index (κ3) is 2.67. The molecule has 5 heteroatoms. The fourth-order valence-corrected chi connectivity index (χ4v) is 3.39. The smallest absolute Gasteiger partial charge is 0.264 e. The van der Waals surface area contributed by atoms with Crippen molar-refractivity contribution in [3.8, 4) is 0 Å². The molecule has 2 amide bonds. The van der Waals surface area contributed by atoms with Crippen molar-refractivity contribution in [3.05, 3.63) is 29.3 Å². The Balaban J connectivity index is 1.87. The van der Waals surface area contributed by atoms with Gasteiger partial charge in [0.15, 0.2) is 0 Å². The molecule has 0 saturated carbocycles. The molecule has 1 aliphatic heterocycles. The number of unbranched alkanes of at least 4 members (excludes halogenated alkanes) is 1. The van der Waals surface area contributed by atoms with Gasteiger partial charge in [0.05, 0.1) is 0 Å². The standard InChI is InChI=1S/C17H21N3O2/c1-3-4-7-20(11(2)21)14-5-6-15-12(9-14)8-13-10-16(22)18-19-17(13)15/h5-6,9,13,17H,3-4,7-8,10H2,1-2H3. The predicted octanol–water partition coefficient (Wildman–Crippen LogP) is 3.44. The second-order valence-electron chi connectivity index (χ2n) is 6.13. The third-order valence-electron chi connectivity index (χ3n) is 4.53. The number of azo groups is 1. The van der Waals surface area contributed by atoms with Crippen molar-refractivity contribution in [1.82, 2.24) is 0 Å². The molecule has 22 heavy (non-hydrogen) atoms. The van der Waals surface area contributed by atoms with Crippen LogP contribution in [0.5, 0.6) is 0 Å². The summed E-state index contributed by atoms with van der Waals surface area (Å²) in [6, 6.07) is 6.14. The number of hydrogen-bond acceptors (Lipinski definition) is 3. The van der Waals surface area contributed by atoms with Crippen LogP contribution >= 0.6 is 0 Å². The topological polar surface area (TPSA) is 62.1 Å². The lowest BCUT2D eigenvalue weighted by atomic mass is 9.96. The van der Waals surface area contributed by atoms with E-state index in [0.717, 1.165) is 37.1 Å². The summed E-state index contributed by atoms with van der Waals surface area (Å²) >= 11 is 0. The molecule has 2 unspecified atom stereocenters. The van der Waals surface area contributed by atoms with Crippen molar-refractivity contribution in [2.45, 2.75) is 45.6 Å². The van der Waals surface area contributed by atoms with Crippen LogP contribution in [0.3, 0.4) is 0 Å². The minimum absolute atomic E-state index is 0.0168. The molecule has 0 N–H and O–H groups in total. The fraction of sp³-hybridized carbons (Fsp3) is 0.529. The van der Waals surface area contributed by atoms with E-state index in [-0.39, 0.29) is 23.8 Å². The summed E-state index contributed by atoms with van der Waals surface area (Å²) in [4.78, 5) is 25.2. The molecule has 0 radical (unpaired) electrons. The van der Waals surface area contributed by atoms with Crippen molar-refractivity contribution in [3.63, 3.8) is 0 Å². The maximum Gasteiger partial charge on any atom is 0.264 e. The molecular formula is C17H21N3O2. The minimum Gasteiger partial charge on any atom is -0.313 e. The second kappa shape index (κ2) is 5.99. The predicted molar refractivity (Wildman–Crippen MR) is 83.8 cm³/mol. The molecule has 0 saturated heterocycles. The summed E-state index contributed by atoms with van der Waals surface area (Å²) in [6.45, 7) is 4.47. The van der Waals surface area contributed by atoms with E-state index >= 15 is 0 Å². The Bertz CT molecular complexity index is 639. The Kier molecular flexibility index (Phi) is 4.05. The molecule has 0 spiro atoms. The van der Waals surface area contributed by atoms with E-state index in [1.807, 2.05) is 17.0 Å². The van der Waals surface area contributed by atoms with Crippen molar-refractivity contribution in [1.29, 1.82) is 0 Å². The second-order valence-corrected chi connectivity index (χ2v) is 6.13. The number of anilines is 1. The Morgan fingerprint density at radius 3 is 2.91 bits per heavy atom. The van der Waals surface area contributed by atoms with E-state index in [4.69, 9.17) is 0 Å². The summed E-state index contributed by atoms with van der Waals surface area (Å²) in [5, 5.41) is 7.89. The molecule has 3 rings (SSSR count). The highest BCUT2D eigenvalue weighted by Crippen LogP contribution is 2.44. The fourth-order valence-electron chi connectivity index (χ4n) is 3.39. The zero-order valence-electron chi connectivity index (χ0n) is 13.1. The normalized spacial score (nSPS) is 22.4. The Labute approximate surface area is 130 Å². The Hall–Kier alpha value is -2.04. The average molecular weight is 299 g/mol. The molecule has 2 aliphatic rings. The lowest BCUT2D eigenvalue weighted by Crippen LogP contribution is -2.29. The van der Waals surface area contributed by atoms with Gasteiger partial charge in [0.2, 0.25) is 5.91 Å². The number of carbonyl (C=O) groups excluding carboxylic acids is 2. The van der Waals surface area contributed by atoms with Gasteiger partial charge in [-0.3, -0.25) is 9.59 Å². The number of hydrogen-bond donors (Lipinski definition) is 0. The van der Waals surface area contributed by atoms with E-state index in [1.165, 1.54) is 5.56 Å². The van der Waals surface area contributed by atoms with Crippen LogP contribution in [0.1, 0.15) is 50.3 Å². The number of carbonyl (C=O) groups is 2. The molecule has 1 aromatic carbocycles. The molecule has 1 aromatic rings. The molecule has 0 aromatic heterocycles. The first-order valence-corrected chi connectivity index (χ1v) is 7.94. The lowest BCUT2D eigenvalue weighted by molar-refractivity contribution is -0.120. The van der Waals surface area contributed by atoms with Gasteiger partial charge in [-0.15, -0.1) is 5.11 Å². The Morgan fingerprint density at radius 2 is 2.18 bits per heavy atom. The van der Waals surface area contributed by atoms with Gasteiger partial charge >= 0.3 is 0 Å². The molecule has 1 aliphatic carbocycles. The molecule has 1 heterocycles. The average Bonchev–Trinajstić information content (AvgIpc) is 2.83. The summed E-state index contributed by atoms with van der Waals surface area (Å²) in [5.41, 5.74) is 3.30. The van der Waals surface area contributed by atoms with Crippen LogP contribution < -0.4 is 4.90 Å². The van der Waals surface area contributed by atoms with Crippen LogP contribution in [0.15, 0.2) is 28.4 Å². The molecule has 5 nitrogen and oxygen atoms in total. The van der Waals surface area contributed by atoms with Crippen molar-refractivity contribution in [2.75, 3.05) is 11.4 Å². The van der Waals surface area contributed by atoms with Crippen LogP contribution in [0, 0.1) is 5.92 Å². The largest absolute Gasteiger partial charge is 0.313 e. The van der Waals surface area contributed by atoms with Gasteiger partial charge in [-0.2, -0.15) is 5.11 Å². The molecule has 2 atom stereocenters. The van der Waals surface area contributed by atoms with E-state index in [0.29, 0.717) is 6.42 Å². The first-order chi connectivity index (χ1) is 10.6. The van der Waals surface area contributed by atoms with Crippen molar-refractivity contribution < 1.29 is 9.59 Å². The zero-order valence-corrected chi connectivity index (χ0v) is 13.1. The molecule has 116 valence electrons. The highest BCUT2D eigenvalue weighted by atomic mass is 16.2. The highest BCUT2D eigenvalue weighted by Gasteiger charge is 2.37. The Morgan fingerprint density at radius 1 is 1.36 bits per heavy atom. The van der Waals surface area contributed by atoms with Crippen molar-refractivity contribution in [2.24, 2.45) is 16.1 Å². The van der Waals surface area contributed by atoms with Gasteiger partial charge in [0, 0.05) is 31.5 Å². The first kappa shape index (κ1) is 14.9. The molecule has 0 fully saturated rings. The van der Waals surface area contributed by atoms with Crippen LogP contribution in [0.4, 0.5) is 5.69 Å². The van der Waals surface area contributed by atoms with Gasteiger partial charge in [-0.1, -0.05) is 19.4 Å². The van der Waals surface area contributed by atoms with Gasteiger partial charge < -0.3 is 4.90 Å². The molecule has 0 bridgehead atoms. The third-order valence-corrected chi connectivity index (χ3v) is 4.53. The number of amides is 2. The van der Waals surface area contributed by atoms with Crippen LogP contribution in [0.2, 0.25) is 0 Å². The summed E-state index contributed by atoms with van der Waals surface area (Å²) in [5.74, 6) is 0.179. The maximum absolute atomic E-state index is 11.9. The first-order valence-electron chi connectivity index (χ1n) is 7.94. The van der Waals surface area contributed by atoms with E-state index in [2.05, 4.69) is 23.2 Å².